The lowest BCUT2D eigenvalue weighted by Crippen LogP contribution is -2.36. The van der Waals surface area contributed by atoms with Gasteiger partial charge < -0.3 is 10.3 Å². The maximum absolute atomic E-state index is 12.6. The van der Waals surface area contributed by atoms with Crippen LogP contribution in [0.25, 0.3) is 0 Å². The maximum Gasteiger partial charge on any atom is 0.152 e. The van der Waals surface area contributed by atoms with Gasteiger partial charge in [-0.15, -0.1) is 0 Å². The fourth-order valence-corrected chi connectivity index (χ4v) is 2.94. The number of alkyl halides is 1. The van der Waals surface area contributed by atoms with Crippen LogP contribution in [-0.4, -0.2) is 27.2 Å². The molecule has 1 rings (SSSR count). The van der Waals surface area contributed by atoms with Crippen LogP contribution in [0.2, 0.25) is 0 Å². The molecular formula is C11H22FNO2S. The molecule has 0 bridgehead atoms. The molecule has 3 nitrogen and oxygen atoms in total. The highest BCUT2D eigenvalue weighted by atomic mass is 32.2. The lowest BCUT2D eigenvalue weighted by Gasteiger charge is -2.33. The molecule has 1 aliphatic carbocycles. The molecule has 0 radical (unpaired) electrons. The summed E-state index contributed by atoms with van der Waals surface area (Å²) in [5, 5.41) is 0. The van der Waals surface area contributed by atoms with Crippen molar-refractivity contribution in [2.75, 3.05) is 12.4 Å². The van der Waals surface area contributed by atoms with Crippen LogP contribution >= 0.6 is 0 Å². The average Bonchev–Trinajstić information content (AvgIpc) is 2.26. The number of hydrogen-bond donors (Lipinski definition) is 2. The van der Waals surface area contributed by atoms with E-state index in [1.807, 2.05) is 0 Å². The Morgan fingerprint density at radius 1 is 1.38 bits per heavy atom. The zero-order valence-electron chi connectivity index (χ0n) is 9.61. The van der Waals surface area contributed by atoms with Gasteiger partial charge in [-0.3, -0.25) is 4.39 Å². The zero-order chi connectivity index (χ0) is 12.0. The number of halogens is 1. The van der Waals surface area contributed by atoms with E-state index in [4.69, 9.17) is 10.3 Å². The molecule has 1 aliphatic rings. The minimum atomic E-state index is -1.68. The van der Waals surface area contributed by atoms with Crippen LogP contribution in [0.5, 0.6) is 0 Å². The zero-order valence-corrected chi connectivity index (χ0v) is 10.4. The van der Waals surface area contributed by atoms with Crippen molar-refractivity contribution in [3.63, 3.8) is 0 Å². The summed E-state index contributed by atoms with van der Waals surface area (Å²) in [4.78, 5) is 0. The number of rotatable bonds is 6. The first-order valence-corrected chi connectivity index (χ1v) is 7.30. The molecular weight excluding hydrogens is 229 g/mol. The summed E-state index contributed by atoms with van der Waals surface area (Å²) in [6.45, 7) is -0.232. The van der Waals surface area contributed by atoms with Crippen LogP contribution in [0.3, 0.4) is 0 Å². The molecule has 4 atom stereocenters. The molecule has 3 N–H and O–H groups in total. The van der Waals surface area contributed by atoms with E-state index < -0.39 is 11.1 Å². The standard InChI is InChI=1S/C11H22FNO2S/c12-8-9-4-5-11(13)10(7-9)3-1-2-6-16(14)15/h9-11H,1-8,13H2,(H,14,15). The van der Waals surface area contributed by atoms with E-state index in [0.717, 1.165) is 38.5 Å². The second-order valence-electron chi connectivity index (χ2n) is 4.78. The van der Waals surface area contributed by atoms with Crippen molar-refractivity contribution in [1.29, 1.82) is 0 Å². The van der Waals surface area contributed by atoms with Crippen LogP contribution < -0.4 is 5.73 Å². The van der Waals surface area contributed by atoms with Crippen molar-refractivity contribution in [2.45, 2.75) is 44.6 Å². The Kier molecular flexibility index (Phi) is 6.46. The fourth-order valence-electron chi connectivity index (χ4n) is 2.49. The molecule has 5 heteroatoms. The molecule has 0 heterocycles. The first kappa shape index (κ1) is 14.1. The Labute approximate surface area is 99.3 Å². The summed E-state index contributed by atoms with van der Waals surface area (Å²) >= 11 is -1.68. The van der Waals surface area contributed by atoms with Gasteiger partial charge in [-0.1, -0.05) is 6.42 Å². The minimum absolute atomic E-state index is 0.191. The predicted octanol–water partition coefficient (Wildman–Crippen LogP) is 2.09. The monoisotopic (exact) mass is 251 g/mol. The van der Waals surface area contributed by atoms with Crippen molar-refractivity contribution < 1.29 is 13.2 Å². The summed E-state index contributed by atoms with van der Waals surface area (Å²) in [6.07, 6.45) is 5.37. The summed E-state index contributed by atoms with van der Waals surface area (Å²) in [7, 11) is 0. The predicted molar refractivity (Wildman–Crippen MR) is 64.3 cm³/mol. The molecule has 1 fully saturated rings. The Balaban J connectivity index is 2.20. The van der Waals surface area contributed by atoms with E-state index in [2.05, 4.69) is 0 Å². The van der Waals surface area contributed by atoms with E-state index in [1.54, 1.807) is 0 Å². The Morgan fingerprint density at radius 2 is 2.12 bits per heavy atom. The summed E-state index contributed by atoms with van der Waals surface area (Å²) in [6, 6.07) is 0.197. The molecule has 0 aliphatic heterocycles. The summed E-state index contributed by atoms with van der Waals surface area (Å²) in [5.41, 5.74) is 6.01. The van der Waals surface area contributed by atoms with Crippen molar-refractivity contribution in [3.05, 3.63) is 0 Å². The first-order chi connectivity index (χ1) is 7.63. The molecule has 0 amide bonds. The van der Waals surface area contributed by atoms with Crippen LogP contribution in [-0.2, 0) is 11.1 Å². The third kappa shape index (κ3) is 4.89. The second-order valence-corrected chi connectivity index (χ2v) is 5.83. The van der Waals surface area contributed by atoms with Crippen molar-refractivity contribution in [1.82, 2.24) is 0 Å². The average molecular weight is 251 g/mol. The lowest BCUT2D eigenvalue weighted by molar-refractivity contribution is 0.189. The highest BCUT2D eigenvalue weighted by molar-refractivity contribution is 7.79. The molecule has 16 heavy (non-hydrogen) atoms. The molecule has 0 aromatic heterocycles. The molecule has 0 saturated heterocycles. The lowest BCUT2D eigenvalue weighted by atomic mass is 9.77. The van der Waals surface area contributed by atoms with Gasteiger partial charge in [0.25, 0.3) is 0 Å². The maximum atomic E-state index is 12.6. The fraction of sp³-hybridized carbons (Fsp3) is 1.00. The highest BCUT2D eigenvalue weighted by Crippen LogP contribution is 2.31. The van der Waals surface area contributed by atoms with Gasteiger partial charge in [0.1, 0.15) is 0 Å². The van der Waals surface area contributed by atoms with Crippen molar-refractivity contribution >= 4 is 11.1 Å². The van der Waals surface area contributed by atoms with E-state index in [0.29, 0.717) is 11.7 Å². The van der Waals surface area contributed by atoms with E-state index in [1.165, 1.54) is 0 Å². The third-order valence-electron chi connectivity index (χ3n) is 3.51. The second kappa shape index (κ2) is 7.35. The normalized spacial score (nSPS) is 32.6. The highest BCUT2D eigenvalue weighted by Gasteiger charge is 2.27. The van der Waals surface area contributed by atoms with Crippen molar-refractivity contribution in [3.8, 4) is 0 Å². The molecule has 96 valence electrons. The summed E-state index contributed by atoms with van der Waals surface area (Å²) in [5.74, 6) is 0.938. The molecule has 0 aromatic carbocycles. The Hall–Kier alpha value is -0.0000000000000000486. The van der Waals surface area contributed by atoms with Gasteiger partial charge >= 0.3 is 0 Å². The smallest absolute Gasteiger partial charge is 0.152 e. The number of unbranched alkanes of at least 4 members (excludes halogenated alkanes) is 1. The molecule has 1 saturated carbocycles. The van der Waals surface area contributed by atoms with Gasteiger partial charge in [-0.2, -0.15) is 0 Å². The topological polar surface area (TPSA) is 63.3 Å². The summed E-state index contributed by atoms with van der Waals surface area (Å²) < 4.78 is 31.6. The van der Waals surface area contributed by atoms with E-state index >= 15 is 0 Å². The van der Waals surface area contributed by atoms with Gasteiger partial charge in [-0.25, -0.2) is 4.21 Å². The van der Waals surface area contributed by atoms with Gasteiger partial charge in [0.05, 0.1) is 6.67 Å². The van der Waals surface area contributed by atoms with Crippen LogP contribution in [0, 0.1) is 11.8 Å². The number of nitrogens with two attached hydrogens (primary N) is 1. The SMILES string of the molecule is NC1CCC(CF)CC1CCCCS(=O)O. The minimum Gasteiger partial charge on any atom is -0.327 e. The van der Waals surface area contributed by atoms with E-state index in [-0.39, 0.29) is 18.6 Å². The van der Waals surface area contributed by atoms with Crippen molar-refractivity contribution in [2.24, 2.45) is 17.6 Å². The van der Waals surface area contributed by atoms with Gasteiger partial charge in [0.2, 0.25) is 0 Å². The Morgan fingerprint density at radius 3 is 2.75 bits per heavy atom. The van der Waals surface area contributed by atoms with Gasteiger partial charge in [0, 0.05) is 11.8 Å². The molecule has 4 unspecified atom stereocenters. The van der Waals surface area contributed by atoms with Gasteiger partial charge in [0.15, 0.2) is 11.1 Å². The van der Waals surface area contributed by atoms with E-state index in [9.17, 15) is 8.60 Å². The quantitative estimate of drug-likeness (QED) is 0.561. The largest absolute Gasteiger partial charge is 0.327 e. The van der Waals surface area contributed by atoms with Crippen LogP contribution in [0.15, 0.2) is 0 Å². The Bertz CT molecular complexity index is 228. The van der Waals surface area contributed by atoms with Crippen LogP contribution in [0.4, 0.5) is 4.39 Å². The molecule has 0 spiro atoms. The number of hydrogen-bond acceptors (Lipinski definition) is 2. The first-order valence-electron chi connectivity index (χ1n) is 6.02. The third-order valence-corrected chi connectivity index (χ3v) is 4.15. The van der Waals surface area contributed by atoms with Crippen LogP contribution in [0.1, 0.15) is 38.5 Å². The molecule has 0 aromatic rings. The van der Waals surface area contributed by atoms with Gasteiger partial charge in [-0.05, 0) is 43.9 Å².